The summed E-state index contributed by atoms with van der Waals surface area (Å²) in [5, 5.41) is 3.12. The van der Waals surface area contributed by atoms with E-state index in [9.17, 15) is 4.79 Å². The third-order valence-electron chi connectivity index (χ3n) is 6.29. The first-order valence-electron chi connectivity index (χ1n) is 11.5. The van der Waals surface area contributed by atoms with E-state index < -0.39 is 5.41 Å². The Kier molecular flexibility index (Phi) is 6.41. The fourth-order valence-corrected chi connectivity index (χ4v) is 4.35. The molecule has 0 atom stereocenters. The maximum absolute atomic E-state index is 13.7. The summed E-state index contributed by atoms with van der Waals surface area (Å²) in [5.41, 5.74) is 8.38. The molecule has 3 aromatic carbocycles. The number of hydrogen-bond donors (Lipinski definition) is 2. The summed E-state index contributed by atoms with van der Waals surface area (Å²) in [4.78, 5) is 21.8. The van der Waals surface area contributed by atoms with Crippen LogP contribution in [0.25, 0.3) is 11.1 Å². The number of anilines is 2. The predicted octanol–water partition coefficient (Wildman–Crippen LogP) is 5.21. The number of rotatable bonds is 6. The largest absolute Gasteiger partial charge is 0.457 e. The lowest BCUT2D eigenvalue weighted by molar-refractivity contribution is -0.125. The smallest absolute Gasteiger partial charge is 0.235 e. The van der Waals surface area contributed by atoms with Crippen LogP contribution in [-0.2, 0) is 14.9 Å². The molecular formula is C28H26N4O3. The Balaban J connectivity index is 1.38. The van der Waals surface area contributed by atoms with E-state index in [0.717, 1.165) is 22.4 Å². The van der Waals surface area contributed by atoms with E-state index in [1.54, 1.807) is 12.4 Å². The van der Waals surface area contributed by atoms with Gasteiger partial charge >= 0.3 is 0 Å². The molecule has 176 valence electrons. The van der Waals surface area contributed by atoms with Crippen LogP contribution in [0.5, 0.6) is 11.5 Å². The highest BCUT2D eigenvalue weighted by molar-refractivity contribution is 5.99. The molecule has 35 heavy (non-hydrogen) atoms. The summed E-state index contributed by atoms with van der Waals surface area (Å²) in [6.07, 6.45) is 4.59. The molecule has 1 amide bonds. The zero-order valence-corrected chi connectivity index (χ0v) is 19.2. The maximum Gasteiger partial charge on any atom is 0.235 e. The molecule has 1 fully saturated rings. The van der Waals surface area contributed by atoms with Gasteiger partial charge in [-0.3, -0.25) is 4.79 Å². The minimum absolute atomic E-state index is 0.0544. The van der Waals surface area contributed by atoms with Crippen LogP contribution in [0.4, 0.5) is 11.6 Å². The fourth-order valence-electron chi connectivity index (χ4n) is 4.35. The molecule has 5 rings (SSSR count). The lowest BCUT2D eigenvalue weighted by Crippen LogP contribution is -2.44. The number of hydrogen-bond acceptors (Lipinski definition) is 6. The zero-order valence-electron chi connectivity index (χ0n) is 19.2. The number of nitrogens with two attached hydrogens (primary N) is 1. The summed E-state index contributed by atoms with van der Waals surface area (Å²) < 4.78 is 11.5. The summed E-state index contributed by atoms with van der Waals surface area (Å²) >= 11 is 0. The number of benzene rings is 3. The minimum atomic E-state index is -0.690. The van der Waals surface area contributed by atoms with Crippen LogP contribution >= 0.6 is 0 Å². The monoisotopic (exact) mass is 466 g/mol. The molecule has 1 aliphatic rings. The molecule has 1 aliphatic heterocycles. The molecule has 3 N–H and O–H groups in total. The summed E-state index contributed by atoms with van der Waals surface area (Å²) in [6.45, 7) is 1.05. The molecule has 0 aliphatic carbocycles. The van der Waals surface area contributed by atoms with Gasteiger partial charge in [0.15, 0.2) is 0 Å². The lowest BCUT2D eigenvalue weighted by Gasteiger charge is -2.36. The Morgan fingerprint density at radius 2 is 1.54 bits per heavy atom. The number of amides is 1. The van der Waals surface area contributed by atoms with Crippen molar-refractivity contribution in [3.8, 4) is 22.6 Å². The van der Waals surface area contributed by atoms with Gasteiger partial charge in [-0.15, -0.1) is 0 Å². The van der Waals surface area contributed by atoms with Crippen LogP contribution in [-0.4, -0.2) is 29.1 Å². The molecule has 2 heterocycles. The SMILES string of the molecule is Nc1ncc(-c2ccc(C3(C(=O)Nc4cccc(Oc5ccccc5)c4)CCOCC3)cc2)cn1. The molecule has 7 nitrogen and oxygen atoms in total. The summed E-state index contributed by atoms with van der Waals surface area (Å²) in [5.74, 6) is 1.58. The molecule has 4 aromatic rings. The Hall–Kier alpha value is -4.23. The Morgan fingerprint density at radius 3 is 2.26 bits per heavy atom. The van der Waals surface area contributed by atoms with Crippen molar-refractivity contribution in [3.05, 3.63) is 96.8 Å². The van der Waals surface area contributed by atoms with Crippen LogP contribution in [0.15, 0.2) is 91.3 Å². The lowest BCUT2D eigenvalue weighted by atomic mass is 9.73. The summed E-state index contributed by atoms with van der Waals surface area (Å²) in [6, 6.07) is 25.0. The van der Waals surface area contributed by atoms with Gasteiger partial charge in [0.2, 0.25) is 11.9 Å². The van der Waals surface area contributed by atoms with Gasteiger partial charge in [-0.2, -0.15) is 0 Å². The average Bonchev–Trinajstić information content (AvgIpc) is 2.90. The standard InChI is InChI=1S/C28H26N4O3/c29-27-30-18-21(19-31-27)20-9-11-22(12-10-20)28(13-15-34-16-14-28)26(33)32-23-5-4-8-25(17-23)35-24-6-2-1-3-7-24/h1-12,17-19H,13-16H2,(H,32,33)(H2,29,30,31). The molecule has 1 saturated heterocycles. The topological polar surface area (TPSA) is 99.4 Å². The third kappa shape index (κ3) is 5.00. The molecule has 0 radical (unpaired) electrons. The number of carbonyl (C=O) groups is 1. The second-order valence-electron chi connectivity index (χ2n) is 8.50. The number of nitrogens with one attached hydrogen (secondary N) is 1. The number of carbonyl (C=O) groups excluding carboxylic acids is 1. The van der Waals surface area contributed by atoms with Gasteiger partial charge in [0.1, 0.15) is 11.5 Å². The van der Waals surface area contributed by atoms with Crippen molar-refractivity contribution in [3.63, 3.8) is 0 Å². The van der Waals surface area contributed by atoms with Crippen molar-refractivity contribution in [2.75, 3.05) is 24.3 Å². The second-order valence-corrected chi connectivity index (χ2v) is 8.50. The Bertz CT molecular complexity index is 1290. The Labute approximate surface area is 204 Å². The van der Waals surface area contributed by atoms with Crippen molar-refractivity contribution in [1.29, 1.82) is 0 Å². The molecule has 1 aromatic heterocycles. The van der Waals surface area contributed by atoms with Gasteiger partial charge in [-0.1, -0.05) is 48.5 Å². The normalized spacial score (nSPS) is 14.7. The van der Waals surface area contributed by atoms with Gasteiger partial charge in [-0.05, 0) is 48.2 Å². The second kappa shape index (κ2) is 9.95. The molecule has 7 heteroatoms. The molecule has 0 saturated carbocycles. The maximum atomic E-state index is 13.7. The first-order chi connectivity index (χ1) is 17.1. The van der Waals surface area contributed by atoms with E-state index in [4.69, 9.17) is 15.2 Å². The van der Waals surface area contributed by atoms with Gasteiger partial charge in [0.25, 0.3) is 0 Å². The van der Waals surface area contributed by atoms with Crippen LogP contribution in [0, 0.1) is 0 Å². The minimum Gasteiger partial charge on any atom is -0.457 e. The fraction of sp³-hybridized carbons (Fsp3) is 0.179. The van der Waals surface area contributed by atoms with Crippen LogP contribution < -0.4 is 15.8 Å². The first-order valence-corrected chi connectivity index (χ1v) is 11.5. The Morgan fingerprint density at radius 1 is 0.857 bits per heavy atom. The van der Waals surface area contributed by atoms with Gasteiger partial charge < -0.3 is 20.5 Å². The van der Waals surface area contributed by atoms with E-state index in [2.05, 4.69) is 15.3 Å². The van der Waals surface area contributed by atoms with E-state index in [-0.39, 0.29) is 11.9 Å². The predicted molar refractivity (Wildman–Crippen MR) is 135 cm³/mol. The number of nitrogens with zero attached hydrogens (tertiary/aromatic N) is 2. The highest BCUT2D eigenvalue weighted by Gasteiger charge is 2.41. The first kappa shape index (κ1) is 22.6. The van der Waals surface area contributed by atoms with Gasteiger partial charge in [0, 0.05) is 42.9 Å². The van der Waals surface area contributed by atoms with E-state index in [0.29, 0.717) is 37.5 Å². The van der Waals surface area contributed by atoms with Gasteiger partial charge in [-0.25, -0.2) is 9.97 Å². The molecule has 0 unspecified atom stereocenters. The van der Waals surface area contributed by atoms with Crippen molar-refractivity contribution < 1.29 is 14.3 Å². The molecule has 0 spiro atoms. The quantitative estimate of drug-likeness (QED) is 0.405. The van der Waals surface area contributed by atoms with Crippen LogP contribution in [0.3, 0.4) is 0 Å². The average molecular weight is 467 g/mol. The number of ether oxygens (including phenoxy) is 2. The highest BCUT2D eigenvalue weighted by Crippen LogP contribution is 2.37. The van der Waals surface area contributed by atoms with E-state index in [1.165, 1.54) is 0 Å². The zero-order chi connectivity index (χ0) is 24.1. The van der Waals surface area contributed by atoms with Crippen molar-refractivity contribution in [2.24, 2.45) is 0 Å². The third-order valence-corrected chi connectivity index (χ3v) is 6.29. The summed E-state index contributed by atoms with van der Waals surface area (Å²) in [7, 11) is 0. The number of aromatic nitrogens is 2. The van der Waals surface area contributed by atoms with Crippen LogP contribution in [0.1, 0.15) is 18.4 Å². The highest BCUT2D eigenvalue weighted by atomic mass is 16.5. The molecule has 0 bridgehead atoms. The van der Waals surface area contributed by atoms with Crippen molar-refractivity contribution in [1.82, 2.24) is 9.97 Å². The van der Waals surface area contributed by atoms with Crippen molar-refractivity contribution in [2.45, 2.75) is 18.3 Å². The molecular weight excluding hydrogens is 440 g/mol. The number of para-hydroxylation sites is 1. The van der Waals surface area contributed by atoms with Crippen molar-refractivity contribution >= 4 is 17.5 Å². The number of nitrogen functional groups attached to an aromatic ring is 1. The van der Waals surface area contributed by atoms with Crippen LogP contribution in [0.2, 0.25) is 0 Å². The van der Waals surface area contributed by atoms with E-state index >= 15 is 0 Å². The van der Waals surface area contributed by atoms with E-state index in [1.807, 2.05) is 78.9 Å². The van der Waals surface area contributed by atoms with Gasteiger partial charge in [0.05, 0.1) is 5.41 Å².